The molecule has 0 bridgehead atoms. The number of halogens is 3. The van der Waals surface area contributed by atoms with Crippen LogP contribution >= 0.6 is 46.1 Å². The van der Waals surface area contributed by atoms with Gasteiger partial charge in [0.05, 0.1) is 21.1 Å². The molecule has 0 aliphatic rings. The number of hydrogen-bond donors (Lipinski definition) is 2. The highest BCUT2D eigenvalue weighted by molar-refractivity contribution is 7.10. The van der Waals surface area contributed by atoms with E-state index in [1.165, 1.54) is 0 Å². The first kappa shape index (κ1) is 15.1. The van der Waals surface area contributed by atoms with Gasteiger partial charge < -0.3 is 0 Å². The zero-order valence-corrected chi connectivity index (χ0v) is 13.3. The fourth-order valence-corrected chi connectivity index (χ4v) is 3.62. The lowest BCUT2D eigenvalue weighted by molar-refractivity contribution is 0.560. The molecule has 0 saturated carbocycles. The second kappa shape index (κ2) is 6.44. The topological polar surface area (TPSA) is 38.0 Å². The molecule has 3 N–H and O–H groups in total. The van der Waals surface area contributed by atoms with Crippen molar-refractivity contribution >= 4 is 46.1 Å². The summed E-state index contributed by atoms with van der Waals surface area (Å²) >= 11 is 20.1. The summed E-state index contributed by atoms with van der Waals surface area (Å²) in [5.74, 6) is 5.64. The standard InChI is InChI=1S/C13H13Cl3N2S/c1-7-6-19-13(11(7)15)10(18-17)5-8-3-2-4-9(14)12(8)16/h2-4,6,10,18H,5,17H2,1H3. The first-order valence-electron chi connectivity index (χ1n) is 5.67. The molecule has 19 heavy (non-hydrogen) atoms. The SMILES string of the molecule is Cc1csc(C(Cc2cccc(Cl)c2Cl)NN)c1Cl. The minimum absolute atomic E-state index is 0.0813. The van der Waals surface area contributed by atoms with Crippen LogP contribution in [0.15, 0.2) is 23.6 Å². The number of nitrogens with one attached hydrogen (secondary N) is 1. The van der Waals surface area contributed by atoms with Crippen molar-refractivity contribution in [3.05, 3.63) is 54.7 Å². The Labute approximate surface area is 131 Å². The molecule has 6 heteroatoms. The third-order valence-corrected chi connectivity index (χ3v) is 5.58. The van der Waals surface area contributed by atoms with Gasteiger partial charge in [-0.3, -0.25) is 11.3 Å². The van der Waals surface area contributed by atoms with Crippen LogP contribution < -0.4 is 11.3 Å². The molecule has 0 saturated heterocycles. The molecule has 0 amide bonds. The van der Waals surface area contributed by atoms with Crippen molar-refractivity contribution in [3.63, 3.8) is 0 Å². The molecule has 0 spiro atoms. The summed E-state index contributed by atoms with van der Waals surface area (Å²) in [6.45, 7) is 1.97. The second-order valence-electron chi connectivity index (χ2n) is 4.23. The molecule has 1 aromatic heterocycles. The number of hydrazine groups is 1. The first-order chi connectivity index (χ1) is 9.04. The highest BCUT2D eigenvalue weighted by Gasteiger charge is 2.19. The van der Waals surface area contributed by atoms with Crippen LogP contribution in [0.25, 0.3) is 0 Å². The molecule has 0 radical (unpaired) electrons. The van der Waals surface area contributed by atoms with Crippen molar-refractivity contribution < 1.29 is 0 Å². The number of hydrogen-bond acceptors (Lipinski definition) is 3. The Hall–Kier alpha value is -0.290. The molecule has 0 aliphatic heterocycles. The third-order valence-electron chi connectivity index (χ3n) is 2.90. The van der Waals surface area contributed by atoms with Gasteiger partial charge in [0.2, 0.25) is 0 Å². The number of thiophene rings is 1. The van der Waals surface area contributed by atoms with Crippen LogP contribution in [0.5, 0.6) is 0 Å². The van der Waals surface area contributed by atoms with Gasteiger partial charge in [-0.25, -0.2) is 0 Å². The van der Waals surface area contributed by atoms with Crippen molar-refractivity contribution in [2.75, 3.05) is 0 Å². The van der Waals surface area contributed by atoms with Crippen molar-refractivity contribution in [2.24, 2.45) is 5.84 Å². The van der Waals surface area contributed by atoms with Gasteiger partial charge >= 0.3 is 0 Å². The van der Waals surface area contributed by atoms with Crippen molar-refractivity contribution in [3.8, 4) is 0 Å². The van der Waals surface area contributed by atoms with Gasteiger partial charge in [0.15, 0.2) is 0 Å². The number of benzene rings is 1. The van der Waals surface area contributed by atoms with Gasteiger partial charge in [-0.2, -0.15) is 0 Å². The molecule has 1 unspecified atom stereocenters. The molecular formula is C13H13Cl3N2S. The van der Waals surface area contributed by atoms with Crippen LogP contribution in [0, 0.1) is 6.92 Å². The van der Waals surface area contributed by atoms with E-state index in [0.717, 1.165) is 21.0 Å². The van der Waals surface area contributed by atoms with E-state index in [0.29, 0.717) is 16.5 Å². The Morgan fingerprint density at radius 3 is 2.58 bits per heavy atom. The minimum Gasteiger partial charge on any atom is -0.271 e. The number of rotatable bonds is 4. The molecule has 1 heterocycles. The van der Waals surface area contributed by atoms with E-state index < -0.39 is 0 Å². The Morgan fingerprint density at radius 2 is 2.00 bits per heavy atom. The zero-order chi connectivity index (χ0) is 14.0. The van der Waals surface area contributed by atoms with Crippen molar-refractivity contribution in [1.82, 2.24) is 5.43 Å². The van der Waals surface area contributed by atoms with E-state index >= 15 is 0 Å². The summed E-state index contributed by atoms with van der Waals surface area (Å²) in [6, 6.07) is 5.49. The van der Waals surface area contributed by atoms with Crippen LogP contribution in [-0.4, -0.2) is 0 Å². The highest BCUT2D eigenvalue weighted by atomic mass is 35.5. The molecule has 1 atom stereocenters. The third kappa shape index (κ3) is 3.24. The highest BCUT2D eigenvalue weighted by Crippen LogP contribution is 2.35. The number of nitrogens with two attached hydrogens (primary N) is 1. The van der Waals surface area contributed by atoms with Gasteiger partial charge in [-0.05, 0) is 35.9 Å². The molecule has 0 fully saturated rings. The van der Waals surface area contributed by atoms with E-state index in [4.69, 9.17) is 40.6 Å². The Bertz CT molecular complexity index is 583. The molecule has 0 aliphatic carbocycles. The van der Waals surface area contributed by atoms with Crippen molar-refractivity contribution in [1.29, 1.82) is 0 Å². The predicted octanol–water partition coefficient (Wildman–Crippen LogP) is 4.76. The average Bonchev–Trinajstić information content (AvgIpc) is 2.72. The zero-order valence-electron chi connectivity index (χ0n) is 10.2. The molecule has 1 aromatic carbocycles. The summed E-state index contributed by atoms with van der Waals surface area (Å²) < 4.78 is 0. The molecular weight excluding hydrogens is 323 g/mol. The largest absolute Gasteiger partial charge is 0.271 e. The minimum atomic E-state index is -0.0813. The first-order valence-corrected chi connectivity index (χ1v) is 7.68. The fourth-order valence-electron chi connectivity index (χ4n) is 1.84. The van der Waals surface area contributed by atoms with E-state index in [1.807, 2.05) is 24.4 Å². The Morgan fingerprint density at radius 1 is 1.26 bits per heavy atom. The lowest BCUT2D eigenvalue weighted by Crippen LogP contribution is -2.29. The monoisotopic (exact) mass is 334 g/mol. The summed E-state index contributed by atoms with van der Waals surface area (Å²) in [4.78, 5) is 1.01. The molecule has 102 valence electrons. The molecule has 2 rings (SSSR count). The van der Waals surface area contributed by atoms with E-state index in [2.05, 4.69) is 5.43 Å². The summed E-state index contributed by atoms with van der Waals surface area (Å²) in [7, 11) is 0. The van der Waals surface area contributed by atoms with Gasteiger partial charge in [0.25, 0.3) is 0 Å². The van der Waals surface area contributed by atoms with Crippen LogP contribution in [-0.2, 0) is 6.42 Å². The lowest BCUT2D eigenvalue weighted by atomic mass is 10.0. The van der Waals surface area contributed by atoms with E-state index in [-0.39, 0.29) is 6.04 Å². The van der Waals surface area contributed by atoms with Crippen LogP contribution in [0.4, 0.5) is 0 Å². The quantitative estimate of drug-likeness (QED) is 0.624. The Kier molecular flexibility index (Phi) is 5.12. The fraction of sp³-hybridized carbons (Fsp3) is 0.231. The smallest absolute Gasteiger partial charge is 0.0625 e. The van der Waals surface area contributed by atoms with Gasteiger partial charge in [0, 0.05) is 4.88 Å². The van der Waals surface area contributed by atoms with Gasteiger partial charge in [0.1, 0.15) is 0 Å². The van der Waals surface area contributed by atoms with Crippen LogP contribution in [0.2, 0.25) is 15.1 Å². The van der Waals surface area contributed by atoms with Gasteiger partial charge in [-0.1, -0.05) is 46.9 Å². The Balaban J connectivity index is 2.29. The maximum absolute atomic E-state index is 6.28. The number of aryl methyl sites for hydroxylation is 1. The lowest BCUT2D eigenvalue weighted by Gasteiger charge is -2.16. The maximum atomic E-state index is 6.28. The second-order valence-corrected chi connectivity index (χ2v) is 6.31. The van der Waals surface area contributed by atoms with Crippen LogP contribution in [0.1, 0.15) is 22.0 Å². The summed E-state index contributed by atoms with van der Waals surface area (Å²) in [6.07, 6.45) is 0.634. The van der Waals surface area contributed by atoms with Crippen molar-refractivity contribution in [2.45, 2.75) is 19.4 Å². The summed E-state index contributed by atoms with van der Waals surface area (Å²) in [5.41, 5.74) is 4.79. The van der Waals surface area contributed by atoms with E-state index in [9.17, 15) is 0 Å². The predicted molar refractivity (Wildman–Crippen MR) is 84.3 cm³/mol. The van der Waals surface area contributed by atoms with E-state index in [1.54, 1.807) is 17.4 Å². The average molecular weight is 336 g/mol. The van der Waals surface area contributed by atoms with Gasteiger partial charge in [-0.15, -0.1) is 11.3 Å². The maximum Gasteiger partial charge on any atom is 0.0625 e. The summed E-state index contributed by atoms with van der Waals surface area (Å²) in [5, 5.41) is 3.88. The molecule has 2 aromatic rings. The van der Waals surface area contributed by atoms with Crippen LogP contribution in [0.3, 0.4) is 0 Å². The normalized spacial score (nSPS) is 12.7. The molecule has 2 nitrogen and oxygen atoms in total.